The van der Waals surface area contributed by atoms with E-state index in [1.54, 1.807) is 14.2 Å². The summed E-state index contributed by atoms with van der Waals surface area (Å²) in [5.41, 5.74) is 12.8. The Morgan fingerprint density at radius 1 is 1.04 bits per heavy atom. The summed E-state index contributed by atoms with van der Waals surface area (Å²) in [6, 6.07) is 19.9. The zero-order chi connectivity index (χ0) is 36.9. The van der Waals surface area contributed by atoms with E-state index in [0.29, 0.717) is 29.4 Å². The van der Waals surface area contributed by atoms with Gasteiger partial charge >= 0.3 is 0 Å². The lowest BCUT2D eigenvalue weighted by Gasteiger charge is -2.21. The van der Waals surface area contributed by atoms with Crippen molar-refractivity contribution in [3.8, 4) is 39.8 Å². The highest BCUT2D eigenvalue weighted by molar-refractivity contribution is 7.27. The number of benzene rings is 3. The first kappa shape index (κ1) is 37.9. The lowest BCUT2D eigenvalue weighted by molar-refractivity contribution is 0.196. The first-order valence-electron chi connectivity index (χ1n) is 18.1. The average Bonchev–Trinajstić information content (AvgIpc) is 3.74. The fraction of sp³-hybridized carbons (Fsp3) is 0.372. The van der Waals surface area contributed by atoms with Crippen LogP contribution in [0.15, 0.2) is 79.0 Å². The minimum Gasteiger partial charge on any atom is -0.496 e. The molecule has 3 aromatic carbocycles. The summed E-state index contributed by atoms with van der Waals surface area (Å²) < 4.78 is 18.2. The molecule has 0 spiro atoms. The maximum Gasteiger partial charge on any atom is 0.236 e. The number of nitrogens with one attached hydrogen (secondary N) is 2. The van der Waals surface area contributed by atoms with Crippen LogP contribution in [-0.2, 0) is 19.5 Å². The molecule has 2 heterocycles. The van der Waals surface area contributed by atoms with E-state index >= 15 is 0 Å². The number of halogens is 1. The zero-order valence-corrected chi connectivity index (χ0v) is 33.1. The molecule has 1 fully saturated rings. The smallest absolute Gasteiger partial charge is 0.236 e. The molecule has 9 heteroatoms. The number of hydrogen-bond donors (Lipinski definition) is 2. The Hall–Kier alpha value is -3.87. The van der Waals surface area contributed by atoms with Gasteiger partial charge in [-0.15, -0.1) is 15.8 Å². The number of nitrogens with zero attached hydrogens (tertiary/aromatic N) is 2. The standard InChI is InChI=1S/C43H52ClN4O3P/c1-26(2)18-19-48(5)25-30-20-38(44)43(47-42(30)50-7)51-39-17-16-35-34(12-9-13-36(35)39)33-11-8-10-32(28(33)4)29-21-40(49-6)37(41(52)22-29)24-45-23-31-15-14-27(3)46-31/h8-13,20-22,31,39,45-46H,1,3,14-19,23-25,52H2,2,4-7H3/t31?,39-/m0/s1. The summed E-state index contributed by atoms with van der Waals surface area (Å²) in [6.07, 6.45) is 4.67. The first-order chi connectivity index (χ1) is 25.1. The van der Waals surface area contributed by atoms with E-state index < -0.39 is 0 Å². The summed E-state index contributed by atoms with van der Waals surface area (Å²) in [4.78, 5) is 6.95. The van der Waals surface area contributed by atoms with Crippen LogP contribution in [-0.4, -0.2) is 50.3 Å². The number of pyridine rings is 1. The minimum absolute atomic E-state index is 0.161. The molecule has 7 nitrogen and oxygen atoms in total. The zero-order valence-electron chi connectivity index (χ0n) is 31.2. The van der Waals surface area contributed by atoms with Crippen molar-refractivity contribution >= 4 is 26.1 Å². The average molecular weight is 739 g/mol. The molecule has 274 valence electrons. The fourth-order valence-corrected chi connectivity index (χ4v) is 8.13. The van der Waals surface area contributed by atoms with Gasteiger partial charge in [0.15, 0.2) is 0 Å². The lowest BCUT2D eigenvalue weighted by atomic mass is 9.89. The van der Waals surface area contributed by atoms with Crippen LogP contribution in [0.3, 0.4) is 0 Å². The maximum atomic E-state index is 6.80. The Labute approximate surface area is 317 Å². The Kier molecular flexibility index (Phi) is 12.3. The van der Waals surface area contributed by atoms with Gasteiger partial charge in [0.05, 0.1) is 14.2 Å². The number of methoxy groups -OCH3 is 2. The van der Waals surface area contributed by atoms with E-state index in [-0.39, 0.29) is 6.10 Å². The second-order valence-electron chi connectivity index (χ2n) is 14.2. The molecule has 3 atom stereocenters. The summed E-state index contributed by atoms with van der Waals surface area (Å²) in [5.74, 6) is 1.81. The van der Waals surface area contributed by atoms with Crippen LogP contribution in [0.4, 0.5) is 0 Å². The quantitative estimate of drug-likeness (QED) is 0.0935. The number of allylic oxidation sites excluding steroid dienone is 1. The van der Waals surface area contributed by atoms with E-state index in [4.69, 9.17) is 30.8 Å². The Balaban J connectivity index is 1.22. The van der Waals surface area contributed by atoms with Crippen molar-refractivity contribution < 1.29 is 14.2 Å². The van der Waals surface area contributed by atoms with Crippen LogP contribution < -0.4 is 30.1 Å². The highest BCUT2D eigenvalue weighted by Crippen LogP contribution is 2.43. The molecule has 2 aliphatic rings. The first-order valence-corrected chi connectivity index (χ1v) is 19.1. The number of aromatic nitrogens is 1. The number of ether oxygens (including phenoxy) is 3. The molecule has 1 aromatic heterocycles. The molecule has 1 aliphatic carbocycles. The molecule has 0 amide bonds. The van der Waals surface area contributed by atoms with E-state index in [2.05, 4.69) is 100 Å². The highest BCUT2D eigenvalue weighted by atomic mass is 35.5. The molecule has 0 saturated carbocycles. The van der Waals surface area contributed by atoms with E-state index in [1.165, 1.54) is 33.4 Å². The topological polar surface area (TPSA) is 67.9 Å². The molecule has 1 saturated heterocycles. The van der Waals surface area contributed by atoms with Crippen LogP contribution >= 0.6 is 20.8 Å². The maximum absolute atomic E-state index is 6.80. The predicted molar refractivity (Wildman–Crippen MR) is 218 cm³/mol. The number of fused-ring (bicyclic) bond motifs is 1. The summed E-state index contributed by atoms with van der Waals surface area (Å²) in [5, 5.41) is 8.70. The van der Waals surface area contributed by atoms with E-state index in [0.717, 1.165) is 90.8 Å². The van der Waals surface area contributed by atoms with E-state index in [9.17, 15) is 0 Å². The third kappa shape index (κ3) is 8.50. The number of rotatable bonds is 15. The van der Waals surface area contributed by atoms with Gasteiger partial charge in [0.2, 0.25) is 11.8 Å². The van der Waals surface area contributed by atoms with Gasteiger partial charge in [-0.3, -0.25) is 0 Å². The van der Waals surface area contributed by atoms with Gasteiger partial charge in [-0.25, -0.2) is 0 Å². The van der Waals surface area contributed by atoms with Gasteiger partial charge < -0.3 is 29.7 Å². The molecule has 0 radical (unpaired) electrons. The molecule has 6 rings (SSSR count). The second kappa shape index (κ2) is 16.9. The second-order valence-corrected chi connectivity index (χ2v) is 15.3. The molecule has 2 N–H and O–H groups in total. The molecule has 4 aromatic rings. The summed E-state index contributed by atoms with van der Waals surface area (Å²) in [7, 11) is 8.40. The minimum atomic E-state index is -0.161. The van der Waals surface area contributed by atoms with Crippen molar-refractivity contribution in [3.05, 3.63) is 112 Å². The van der Waals surface area contributed by atoms with Gasteiger partial charge in [-0.05, 0) is 115 Å². The highest BCUT2D eigenvalue weighted by Gasteiger charge is 2.29. The molecule has 52 heavy (non-hydrogen) atoms. The number of hydrogen-bond acceptors (Lipinski definition) is 7. The Morgan fingerprint density at radius 2 is 1.81 bits per heavy atom. The van der Waals surface area contributed by atoms with Crippen molar-refractivity contribution in [2.45, 2.75) is 71.2 Å². The summed E-state index contributed by atoms with van der Waals surface area (Å²) >= 11 is 6.80. The van der Waals surface area contributed by atoms with Gasteiger partial charge in [-0.1, -0.05) is 60.2 Å². The molecule has 0 bridgehead atoms. The van der Waals surface area contributed by atoms with E-state index in [1.807, 2.05) is 13.0 Å². The summed E-state index contributed by atoms with van der Waals surface area (Å²) in [6.45, 7) is 15.5. The normalized spacial score (nSPS) is 16.6. The van der Waals surface area contributed by atoms with Crippen LogP contribution in [0, 0.1) is 6.92 Å². The van der Waals surface area contributed by atoms with Crippen molar-refractivity contribution in [3.63, 3.8) is 0 Å². The van der Waals surface area contributed by atoms with Gasteiger partial charge in [-0.2, -0.15) is 4.98 Å². The van der Waals surface area contributed by atoms with Crippen LogP contribution in [0.25, 0.3) is 22.3 Å². The Morgan fingerprint density at radius 3 is 2.54 bits per heavy atom. The van der Waals surface area contributed by atoms with Crippen molar-refractivity contribution in [1.29, 1.82) is 0 Å². The van der Waals surface area contributed by atoms with Crippen molar-refractivity contribution in [1.82, 2.24) is 20.5 Å². The van der Waals surface area contributed by atoms with Crippen molar-refractivity contribution in [2.24, 2.45) is 0 Å². The molecule has 2 unspecified atom stereocenters. The van der Waals surface area contributed by atoms with Gasteiger partial charge in [0, 0.05) is 49.0 Å². The molecular formula is C43H52ClN4O3P. The van der Waals surface area contributed by atoms with Crippen LogP contribution in [0.5, 0.6) is 17.5 Å². The third-order valence-electron chi connectivity index (χ3n) is 10.3. The van der Waals surface area contributed by atoms with Crippen LogP contribution in [0.2, 0.25) is 5.02 Å². The predicted octanol–water partition coefficient (Wildman–Crippen LogP) is 8.71. The van der Waals surface area contributed by atoms with Crippen LogP contribution in [0.1, 0.15) is 66.5 Å². The SMILES string of the molecule is C=C(C)CCN(C)Cc1cc(Cl)c(O[C@H]2CCc3c(-c4cccc(-c5cc(P)c(CNCC6CCC(=C)N6)c(OC)c5)c4C)cccc32)nc1OC. The van der Waals surface area contributed by atoms with Gasteiger partial charge in [0.1, 0.15) is 16.9 Å². The Bertz CT molecular complexity index is 1960. The lowest BCUT2D eigenvalue weighted by Crippen LogP contribution is -2.33. The monoisotopic (exact) mass is 738 g/mol. The third-order valence-corrected chi connectivity index (χ3v) is 11.1. The fourth-order valence-electron chi connectivity index (χ4n) is 7.48. The molecular weight excluding hydrogens is 687 g/mol. The van der Waals surface area contributed by atoms with Gasteiger partial charge in [0.25, 0.3) is 0 Å². The van der Waals surface area contributed by atoms with Crippen molar-refractivity contribution in [2.75, 3.05) is 34.4 Å². The largest absolute Gasteiger partial charge is 0.496 e. The molecule has 1 aliphatic heterocycles.